The summed E-state index contributed by atoms with van der Waals surface area (Å²) in [4.78, 5) is 13.4. The Labute approximate surface area is 200 Å². The van der Waals surface area contributed by atoms with Crippen LogP contribution in [0.4, 0.5) is 17.1 Å². The second kappa shape index (κ2) is 10.5. The molecule has 0 aliphatic carbocycles. The fourth-order valence-electron chi connectivity index (χ4n) is 3.60. The van der Waals surface area contributed by atoms with Crippen LogP contribution in [0.5, 0.6) is 5.75 Å². The zero-order chi connectivity index (χ0) is 23.9. The van der Waals surface area contributed by atoms with Gasteiger partial charge in [0, 0.05) is 23.1 Å². The van der Waals surface area contributed by atoms with Crippen LogP contribution in [0.3, 0.4) is 0 Å². The SMILES string of the molecule is C=CC(=O)OCOc1ccc(N(c2ccc(C)cc2)c2ccc(-c3ccc(C)cc3)cc2)cc1. The van der Waals surface area contributed by atoms with Crippen molar-refractivity contribution in [1.82, 2.24) is 0 Å². The van der Waals surface area contributed by atoms with Gasteiger partial charge < -0.3 is 14.4 Å². The first-order valence-corrected chi connectivity index (χ1v) is 11.1. The maximum Gasteiger partial charge on any atom is 0.333 e. The van der Waals surface area contributed by atoms with Crippen LogP contribution in [0.2, 0.25) is 0 Å². The van der Waals surface area contributed by atoms with Gasteiger partial charge in [0.05, 0.1) is 0 Å². The average Bonchev–Trinajstić information content (AvgIpc) is 2.87. The molecule has 0 saturated heterocycles. The summed E-state index contributed by atoms with van der Waals surface area (Å²) < 4.78 is 10.4. The van der Waals surface area contributed by atoms with E-state index in [1.807, 2.05) is 24.3 Å². The van der Waals surface area contributed by atoms with Crippen LogP contribution >= 0.6 is 0 Å². The van der Waals surface area contributed by atoms with Crippen LogP contribution in [0.25, 0.3) is 11.1 Å². The van der Waals surface area contributed by atoms with Gasteiger partial charge in [0.2, 0.25) is 6.79 Å². The third-order valence-electron chi connectivity index (χ3n) is 5.49. The highest BCUT2D eigenvalue weighted by Gasteiger charge is 2.13. The summed E-state index contributed by atoms with van der Waals surface area (Å²) in [5.74, 6) is 0.0930. The normalized spacial score (nSPS) is 10.4. The van der Waals surface area contributed by atoms with E-state index >= 15 is 0 Å². The van der Waals surface area contributed by atoms with Gasteiger partial charge in [-0.2, -0.15) is 0 Å². The minimum atomic E-state index is -0.517. The van der Waals surface area contributed by atoms with Crippen molar-refractivity contribution in [2.24, 2.45) is 0 Å². The van der Waals surface area contributed by atoms with Gasteiger partial charge in [0.1, 0.15) is 5.75 Å². The lowest BCUT2D eigenvalue weighted by atomic mass is 10.0. The number of esters is 1. The molecule has 34 heavy (non-hydrogen) atoms. The lowest BCUT2D eigenvalue weighted by Crippen LogP contribution is -2.10. The molecule has 4 heteroatoms. The highest BCUT2D eigenvalue weighted by atomic mass is 16.7. The summed E-state index contributed by atoms with van der Waals surface area (Å²) in [7, 11) is 0. The number of benzene rings is 4. The van der Waals surface area contributed by atoms with Crippen molar-refractivity contribution in [3.63, 3.8) is 0 Å². The number of ether oxygens (including phenoxy) is 2. The van der Waals surface area contributed by atoms with Gasteiger partial charge in [-0.3, -0.25) is 0 Å². The number of nitrogens with zero attached hydrogens (tertiary/aromatic N) is 1. The number of carbonyl (C=O) groups excluding carboxylic acids is 1. The second-order valence-electron chi connectivity index (χ2n) is 8.01. The van der Waals surface area contributed by atoms with E-state index in [0.717, 1.165) is 23.1 Å². The summed E-state index contributed by atoms with van der Waals surface area (Å²) in [5.41, 5.74) is 7.91. The Morgan fingerprint density at radius 3 is 1.62 bits per heavy atom. The number of carbonyl (C=O) groups is 1. The van der Waals surface area contributed by atoms with E-state index in [1.54, 1.807) is 0 Å². The third-order valence-corrected chi connectivity index (χ3v) is 5.49. The Kier molecular flexibility index (Phi) is 7.09. The Balaban J connectivity index is 1.61. The lowest BCUT2D eigenvalue weighted by molar-refractivity contribution is -0.144. The van der Waals surface area contributed by atoms with E-state index in [1.165, 1.54) is 22.3 Å². The van der Waals surface area contributed by atoms with Crippen LogP contribution in [-0.4, -0.2) is 12.8 Å². The maximum absolute atomic E-state index is 11.2. The molecule has 0 atom stereocenters. The first-order valence-electron chi connectivity index (χ1n) is 11.1. The van der Waals surface area contributed by atoms with Gasteiger partial charge >= 0.3 is 5.97 Å². The van der Waals surface area contributed by atoms with Gasteiger partial charge in [-0.15, -0.1) is 0 Å². The summed E-state index contributed by atoms with van der Waals surface area (Å²) in [5, 5.41) is 0. The Hall–Kier alpha value is -4.31. The van der Waals surface area contributed by atoms with Crippen LogP contribution in [0.1, 0.15) is 11.1 Å². The molecular weight excluding hydrogens is 422 g/mol. The first kappa shape index (κ1) is 22.9. The Bertz CT molecular complexity index is 1240. The first-order chi connectivity index (χ1) is 16.5. The molecule has 0 fully saturated rings. The molecule has 0 spiro atoms. The van der Waals surface area contributed by atoms with Crippen molar-refractivity contribution in [2.45, 2.75) is 13.8 Å². The van der Waals surface area contributed by atoms with Crippen LogP contribution in [0, 0.1) is 13.8 Å². The molecule has 0 radical (unpaired) electrons. The highest BCUT2D eigenvalue weighted by molar-refractivity contribution is 5.81. The molecule has 4 rings (SSSR count). The maximum atomic E-state index is 11.2. The van der Waals surface area contributed by atoms with Crippen LogP contribution in [-0.2, 0) is 9.53 Å². The predicted molar refractivity (Wildman–Crippen MR) is 138 cm³/mol. The molecule has 0 aliphatic heterocycles. The number of hydrogen-bond donors (Lipinski definition) is 0. The molecule has 0 unspecified atom stereocenters. The van der Waals surface area contributed by atoms with Crippen molar-refractivity contribution in [3.8, 4) is 16.9 Å². The Morgan fingerprint density at radius 1 is 0.706 bits per heavy atom. The van der Waals surface area contributed by atoms with Crippen molar-refractivity contribution >= 4 is 23.0 Å². The quantitative estimate of drug-likeness (QED) is 0.159. The molecule has 0 amide bonds. The van der Waals surface area contributed by atoms with Crippen LogP contribution < -0.4 is 9.64 Å². The van der Waals surface area contributed by atoms with Gasteiger partial charge in [-0.25, -0.2) is 4.79 Å². The van der Waals surface area contributed by atoms with E-state index in [0.29, 0.717) is 5.75 Å². The molecule has 170 valence electrons. The molecule has 0 saturated carbocycles. The zero-order valence-electron chi connectivity index (χ0n) is 19.4. The summed E-state index contributed by atoms with van der Waals surface area (Å²) in [6.45, 7) is 7.38. The molecular formula is C30H27NO3. The highest BCUT2D eigenvalue weighted by Crippen LogP contribution is 2.36. The molecule has 4 aromatic carbocycles. The molecule has 0 bridgehead atoms. The number of aryl methyl sites for hydroxylation is 2. The average molecular weight is 450 g/mol. The van der Waals surface area contributed by atoms with Gasteiger partial charge in [0.25, 0.3) is 0 Å². The minimum Gasteiger partial charge on any atom is -0.457 e. The van der Waals surface area contributed by atoms with Crippen molar-refractivity contribution in [3.05, 3.63) is 121 Å². The van der Waals surface area contributed by atoms with E-state index in [-0.39, 0.29) is 6.79 Å². The fourth-order valence-corrected chi connectivity index (χ4v) is 3.60. The predicted octanol–water partition coefficient (Wildman–Crippen LogP) is 7.51. The number of anilines is 3. The number of hydrogen-bond acceptors (Lipinski definition) is 4. The molecule has 4 aromatic rings. The standard InChI is InChI=1S/C30H27NO3/c1-4-30(32)34-21-33-29-19-17-28(18-20-29)31(26-13-7-23(3)8-14-26)27-15-11-25(12-16-27)24-9-5-22(2)6-10-24/h4-20H,1,21H2,2-3H3. The molecule has 0 heterocycles. The lowest BCUT2D eigenvalue weighted by Gasteiger charge is -2.26. The van der Waals surface area contributed by atoms with E-state index < -0.39 is 5.97 Å². The summed E-state index contributed by atoms with van der Waals surface area (Å²) >= 11 is 0. The summed E-state index contributed by atoms with van der Waals surface area (Å²) in [6.07, 6.45) is 1.11. The largest absolute Gasteiger partial charge is 0.457 e. The van der Waals surface area contributed by atoms with E-state index in [4.69, 9.17) is 9.47 Å². The third kappa shape index (κ3) is 5.54. The molecule has 0 aliphatic rings. The van der Waals surface area contributed by atoms with Gasteiger partial charge in [0.15, 0.2) is 0 Å². The Morgan fingerprint density at radius 2 is 1.12 bits per heavy atom. The smallest absolute Gasteiger partial charge is 0.333 e. The fraction of sp³-hybridized carbons (Fsp3) is 0.100. The molecule has 0 N–H and O–H groups in total. The van der Waals surface area contributed by atoms with E-state index in [9.17, 15) is 4.79 Å². The van der Waals surface area contributed by atoms with Crippen molar-refractivity contribution in [1.29, 1.82) is 0 Å². The van der Waals surface area contributed by atoms with Crippen LogP contribution in [0.15, 0.2) is 110 Å². The molecule has 0 aromatic heterocycles. The minimum absolute atomic E-state index is 0.160. The second-order valence-corrected chi connectivity index (χ2v) is 8.01. The monoisotopic (exact) mass is 449 g/mol. The number of rotatable bonds is 8. The van der Waals surface area contributed by atoms with Crippen molar-refractivity contribution in [2.75, 3.05) is 11.7 Å². The van der Waals surface area contributed by atoms with Crippen molar-refractivity contribution < 1.29 is 14.3 Å². The van der Waals surface area contributed by atoms with E-state index in [2.05, 4.69) is 98.1 Å². The van der Waals surface area contributed by atoms with Gasteiger partial charge in [-0.1, -0.05) is 66.2 Å². The zero-order valence-corrected chi connectivity index (χ0v) is 19.4. The molecule has 4 nitrogen and oxygen atoms in total. The topological polar surface area (TPSA) is 38.8 Å². The van der Waals surface area contributed by atoms with Gasteiger partial charge in [-0.05, 0) is 73.5 Å². The summed E-state index contributed by atoms with van der Waals surface area (Å²) in [6, 6.07) is 33.2.